The van der Waals surface area contributed by atoms with E-state index in [0.717, 1.165) is 24.2 Å². The van der Waals surface area contributed by atoms with E-state index < -0.39 is 12.0 Å². The number of carbonyl (C=O) groups excluding carboxylic acids is 1. The minimum Gasteiger partial charge on any atom is -0.480 e. The van der Waals surface area contributed by atoms with Gasteiger partial charge in [-0.15, -0.1) is 0 Å². The second kappa shape index (κ2) is 5.18. The molecule has 0 saturated carbocycles. The van der Waals surface area contributed by atoms with Crippen molar-refractivity contribution >= 4 is 17.4 Å². The van der Waals surface area contributed by atoms with Gasteiger partial charge in [-0.1, -0.05) is 0 Å². The van der Waals surface area contributed by atoms with Gasteiger partial charge in [-0.2, -0.15) is 0 Å². The van der Waals surface area contributed by atoms with E-state index in [4.69, 9.17) is 5.11 Å². The molecule has 1 aliphatic heterocycles. The molecule has 1 aromatic rings. The summed E-state index contributed by atoms with van der Waals surface area (Å²) in [7, 11) is 0. The van der Waals surface area contributed by atoms with Crippen molar-refractivity contribution in [2.75, 3.05) is 18.4 Å². The Morgan fingerprint density at radius 2 is 2.28 bits per heavy atom. The van der Waals surface area contributed by atoms with Crippen molar-refractivity contribution in [3.05, 3.63) is 29.3 Å². The van der Waals surface area contributed by atoms with Crippen molar-refractivity contribution in [1.29, 1.82) is 0 Å². The first kappa shape index (κ1) is 12.6. The van der Waals surface area contributed by atoms with Gasteiger partial charge in [0.05, 0.1) is 12.6 Å². The molecule has 1 aliphatic rings. The van der Waals surface area contributed by atoms with Crippen LogP contribution in [0.3, 0.4) is 0 Å². The molecule has 0 radical (unpaired) electrons. The van der Waals surface area contributed by atoms with Gasteiger partial charge in [0.2, 0.25) is 0 Å². The predicted octanol–water partition coefficient (Wildman–Crippen LogP) is 0.900. The van der Waals surface area contributed by atoms with Gasteiger partial charge < -0.3 is 10.4 Å². The number of ketones is 1. The number of Topliss-reactive ketones (excluding diaryl/α,β-unsaturated/α-hetero) is 1. The van der Waals surface area contributed by atoms with Crippen LogP contribution in [0.1, 0.15) is 22.8 Å². The maximum Gasteiger partial charge on any atom is 0.317 e. The third-order valence-electron chi connectivity index (χ3n) is 3.05. The average molecular weight is 248 g/mol. The van der Waals surface area contributed by atoms with Crippen LogP contribution in [-0.4, -0.2) is 36.0 Å². The summed E-state index contributed by atoms with van der Waals surface area (Å²) >= 11 is 0. The standard InChI is InChI=1S/C13H16N2O3/c1-8(15-7-12(16)17)13(18)10-2-3-11-9(6-10)4-5-14-11/h2-3,6,8,14-15H,4-5,7H2,1H3,(H,16,17). The zero-order valence-corrected chi connectivity index (χ0v) is 10.2. The topological polar surface area (TPSA) is 78.4 Å². The van der Waals surface area contributed by atoms with Crippen LogP contribution in [-0.2, 0) is 11.2 Å². The fraction of sp³-hybridized carbons (Fsp3) is 0.385. The molecule has 0 bridgehead atoms. The Kier molecular flexibility index (Phi) is 3.62. The average Bonchev–Trinajstić information content (AvgIpc) is 2.81. The van der Waals surface area contributed by atoms with Crippen molar-refractivity contribution in [2.45, 2.75) is 19.4 Å². The van der Waals surface area contributed by atoms with Crippen LogP contribution in [0.5, 0.6) is 0 Å². The van der Waals surface area contributed by atoms with Gasteiger partial charge in [0.25, 0.3) is 0 Å². The lowest BCUT2D eigenvalue weighted by Crippen LogP contribution is -2.37. The highest BCUT2D eigenvalue weighted by molar-refractivity contribution is 6.00. The predicted molar refractivity (Wildman–Crippen MR) is 68.1 cm³/mol. The van der Waals surface area contributed by atoms with Gasteiger partial charge in [-0.05, 0) is 37.1 Å². The number of benzene rings is 1. The number of nitrogens with one attached hydrogen (secondary N) is 2. The monoisotopic (exact) mass is 248 g/mol. The van der Waals surface area contributed by atoms with Gasteiger partial charge in [0.15, 0.2) is 5.78 Å². The molecular formula is C13H16N2O3. The molecule has 1 atom stereocenters. The van der Waals surface area contributed by atoms with Crippen LogP contribution >= 0.6 is 0 Å². The van der Waals surface area contributed by atoms with Crippen molar-refractivity contribution in [2.24, 2.45) is 0 Å². The SMILES string of the molecule is CC(NCC(=O)O)C(=O)c1ccc2c(c1)CCN2. The van der Waals surface area contributed by atoms with E-state index in [9.17, 15) is 9.59 Å². The molecule has 0 spiro atoms. The van der Waals surface area contributed by atoms with Crippen molar-refractivity contribution < 1.29 is 14.7 Å². The Hall–Kier alpha value is -1.88. The Morgan fingerprint density at radius 3 is 3.00 bits per heavy atom. The van der Waals surface area contributed by atoms with Gasteiger partial charge >= 0.3 is 5.97 Å². The Labute approximate surface area is 105 Å². The molecule has 3 N–H and O–H groups in total. The summed E-state index contributed by atoms with van der Waals surface area (Å²) < 4.78 is 0. The largest absolute Gasteiger partial charge is 0.480 e. The van der Waals surface area contributed by atoms with Crippen LogP contribution in [0, 0.1) is 0 Å². The maximum atomic E-state index is 12.1. The van der Waals surface area contributed by atoms with Crippen LogP contribution in [0.15, 0.2) is 18.2 Å². The summed E-state index contributed by atoms with van der Waals surface area (Å²) in [6.45, 7) is 2.37. The van der Waals surface area contributed by atoms with Crippen LogP contribution in [0.4, 0.5) is 5.69 Å². The minimum absolute atomic E-state index is 0.0778. The van der Waals surface area contributed by atoms with Gasteiger partial charge in [-0.25, -0.2) is 0 Å². The number of carboxylic acids is 1. The zero-order valence-electron chi connectivity index (χ0n) is 10.2. The quantitative estimate of drug-likeness (QED) is 0.675. The third-order valence-corrected chi connectivity index (χ3v) is 3.05. The number of rotatable bonds is 5. The summed E-state index contributed by atoms with van der Waals surface area (Å²) in [5.41, 5.74) is 2.85. The Morgan fingerprint density at radius 1 is 1.50 bits per heavy atom. The number of hydrogen-bond acceptors (Lipinski definition) is 4. The van der Waals surface area contributed by atoms with E-state index in [2.05, 4.69) is 10.6 Å². The third kappa shape index (κ3) is 2.68. The van der Waals surface area contributed by atoms with Gasteiger partial charge in [-0.3, -0.25) is 14.9 Å². The lowest BCUT2D eigenvalue weighted by molar-refractivity contribution is -0.136. The summed E-state index contributed by atoms with van der Waals surface area (Å²) in [6.07, 6.45) is 0.924. The molecule has 0 fully saturated rings. The summed E-state index contributed by atoms with van der Waals surface area (Å²) in [4.78, 5) is 22.5. The number of aliphatic carboxylic acids is 1. The number of carboxylic acid groups (broad SMARTS) is 1. The van der Waals surface area contributed by atoms with E-state index in [1.807, 2.05) is 12.1 Å². The van der Waals surface area contributed by atoms with Crippen LogP contribution in [0.25, 0.3) is 0 Å². The highest BCUT2D eigenvalue weighted by Gasteiger charge is 2.18. The molecule has 0 saturated heterocycles. The van der Waals surface area contributed by atoms with Crippen molar-refractivity contribution in [3.8, 4) is 0 Å². The van der Waals surface area contributed by atoms with Crippen molar-refractivity contribution in [3.63, 3.8) is 0 Å². The summed E-state index contributed by atoms with van der Waals surface area (Å²) in [5, 5.41) is 14.5. The molecule has 5 heteroatoms. The zero-order chi connectivity index (χ0) is 13.1. The lowest BCUT2D eigenvalue weighted by atomic mass is 10.0. The first-order valence-corrected chi connectivity index (χ1v) is 5.94. The highest BCUT2D eigenvalue weighted by atomic mass is 16.4. The molecule has 1 unspecified atom stereocenters. The first-order valence-electron chi connectivity index (χ1n) is 5.94. The van der Waals surface area contributed by atoms with Crippen LogP contribution < -0.4 is 10.6 Å². The van der Waals surface area contributed by atoms with Crippen molar-refractivity contribution in [1.82, 2.24) is 5.32 Å². The maximum absolute atomic E-state index is 12.1. The molecule has 96 valence electrons. The van der Waals surface area contributed by atoms with E-state index in [1.54, 1.807) is 13.0 Å². The molecule has 0 amide bonds. The molecule has 2 rings (SSSR count). The van der Waals surface area contributed by atoms with E-state index in [-0.39, 0.29) is 12.3 Å². The molecule has 0 aliphatic carbocycles. The molecule has 1 heterocycles. The minimum atomic E-state index is -0.965. The molecule has 18 heavy (non-hydrogen) atoms. The van der Waals surface area contributed by atoms with Gasteiger partial charge in [0, 0.05) is 17.8 Å². The molecule has 0 aromatic heterocycles. The number of fused-ring (bicyclic) bond motifs is 1. The van der Waals surface area contributed by atoms with E-state index in [0.29, 0.717) is 5.56 Å². The fourth-order valence-electron chi connectivity index (χ4n) is 2.04. The Bertz CT molecular complexity index is 485. The van der Waals surface area contributed by atoms with E-state index >= 15 is 0 Å². The molecular weight excluding hydrogens is 232 g/mol. The highest BCUT2D eigenvalue weighted by Crippen LogP contribution is 2.23. The first-order chi connectivity index (χ1) is 8.58. The second-order valence-corrected chi connectivity index (χ2v) is 4.41. The second-order valence-electron chi connectivity index (χ2n) is 4.41. The summed E-state index contributed by atoms with van der Waals surface area (Å²) in [5.74, 6) is -1.04. The fourth-order valence-corrected chi connectivity index (χ4v) is 2.04. The molecule has 5 nitrogen and oxygen atoms in total. The van der Waals surface area contributed by atoms with Gasteiger partial charge in [0.1, 0.15) is 0 Å². The van der Waals surface area contributed by atoms with Crippen LogP contribution in [0.2, 0.25) is 0 Å². The van der Waals surface area contributed by atoms with E-state index in [1.165, 1.54) is 0 Å². The number of anilines is 1. The lowest BCUT2D eigenvalue weighted by Gasteiger charge is -2.12. The number of carbonyl (C=O) groups is 2. The smallest absolute Gasteiger partial charge is 0.317 e. The number of hydrogen-bond donors (Lipinski definition) is 3. The normalized spacial score (nSPS) is 14.7. The Balaban J connectivity index is 2.06. The molecule has 1 aromatic carbocycles. The summed E-state index contributed by atoms with van der Waals surface area (Å²) in [6, 6.07) is 5.07.